The molecule has 1 saturated heterocycles. The van der Waals surface area contributed by atoms with Crippen LogP contribution in [0.3, 0.4) is 0 Å². The van der Waals surface area contributed by atoms with E-state index < -0.39 is 0 Å². The third kappa shape index (κ3) is 5.15. The van der Waals surface area contributed by atoms with E-state index in [0.717, 1.165) is 29.3 Å². The first-order chi connectivity index (χ1) is 9.28. The van der Waals surface area contributed by atoms with Gasteiger partial charge in [0.2, 0.25) is 0 Å². The van der Waals surface area contributed by atoms with E-state index in [4.69, 9.17) is 4.74 Å². The van der Waals surface area contributed by atoms with Gasteiger partial charge in [0, 0.05) is 11.0 Å². The van der Waals surface area contributed by atoms with Crippen molar-refractivity contribution in [2.75, 3.05) is 26.2 Å². The van der Waals surface area contributed by atoms with Gasteiger partial charge >= 0.3 is 0 Å². The van der Waals surface area contributed by atoms with Crippen LogP contribution in [0.2, 0.25) is 0 Å². The molecule has 0 atom stereocenters. The lowest BCUT2D eigenvalue weighted by Crippen LogP contribution is -2.36. The lowest BCUT2D eigenvalue weighted by Gasteiger charge is -2.31. The smallest absolute Gasteiger partial charge is 0.119 e. The minimum Gasteiger partial charge on any atom is -0.492 e. The number of rotatable bonds is 6. The van der Waals surface area contributed by atoms with Crippen LogP contribution in [0.4, 0.5) is 0 Å². The molecule has 0 aromatic heterocycles. The summed E-state index contributed by atoms with van der Waals surface area (Å²) in [6.45, 7) is 6.62. The number of hydrogen-bond donors (Lipinski definition) is 0. The monoisotopic (exact) mass is 325 g/mol. The molecular formula is C16H24BrNO. The number of benzene rings is 1. The Morgan fingerprint density at radius 2 is 1.89 bits per heavy atom. The molecule has 1 aromatic rings. The van der Waals surface area contributed by atoms with Gasteiger partial charge in [0.05, 0.1) is 0 Å². The molecule has 2 nitrogen and oxygen atoms in total. The SMILES string of the molecule is CCCC1CCN(CCOc2ccc(Br)cc2)CC1. The van der Waals surface area contributed by atoms with E-state index in [1.165, 1.54) is 38.8 Å². The fraction of sp³-hybridized carbons (Fsp3) is 0.625. The van der Waals surface area contributed by atoms with Crippen molar-refractivity contribution in [2.45, 2.75) is 32.6 Å². The van der Waals surface area contributed by atoms with Crippen LogP contribution in [0.5, 0.6) is 5.75 Å². The quantitative estimate of drug-likeness (QED) is 0.771. The highest BCUT2D eigenvalue weighted by Gasteiger charge is 2.17. The number of piperidine rings is 1. The predicted molar refractivity (Wildman–Crippen MR) is 83.7 cm³/mol. The molecule has 0 N–H and O–H groups in total. The number of hydrogen-bond acceptors (Lipinski definition) is 2. The third-order valence-corrected chi connectivity index (χ3v) is 4.42. The number of halogens is 1. The summed E-state index contributed by atoms with van der Waals surface area (Å²) in [5.41, 5.74) is 0. The van der Waals surface area contributed by atoms with E-state index in [-0.39, 0.29) is 0 Å². The zero-order valence-corrected chi connectivity index (χ0v) is 13.4. The maximum atomic E-state index is 5.78. The van der Waals surface area contributed by atoms with E-state index in [9.17, 15) is 0 Å². The maximum absolute atomic E-state index is 5.78. The van der Waals surface area contributed by atoms with E-state index in [1.807, 2.05) is 24.3 Å². The first-order valence-electron chi connectivity index (χ1n) is 7.38. The summed E-state index contributed by atoms with van der Waals surface area (Å²) in [5, 5.41) is 0. The van der Waals surface area contributed by atoms with Crippen molar-refractivity contribution in [1.82, 2.24) is 4.90 Å². The lowest BCUT2D eigenvalue weighted by atomic mass is 9.92. The average molecular weight is 326 g/mol. The Morgan fingerprint density at radius 3 is 2.53 bits per heavy atom. The zero-order valence-electron chi connectivity index (χ0n) is 11.8. The van der Waals surface area contributed by atoms with Crippen molar-refractivity contribution in [3.05, 3.63) is 28.7 Å². The van der Waals surface area contributed by atoms with Crippen LogP contribution in [-0.4, -0.2) is 31.1 Å². The first kappa shape index (κ1) is 14.9. The molecule has 1 heterocycles. The fourth-order valence-electron chi connectivity index (χ4n) is 2.73. The minimum atomic E-state index is 0.792. The van der Waals surface area contributed by atoms with Gasteiger partial charge in [-0.1, -0.05) is 35.7 Å². The highest BCUT2D eigenvalue weighted by Crippen LogP contribution is 2.21. The third-order valence-electron chi connectivity index (χ3n) is 3.89. The highest BCUT2D eigenvalue weighted by atomic mass is 79.9. The van der Waals surface area contributed by atoms with Crippen LogP contribution in [-0.2, 0) is 0 Å². The molecule has 19 heavy (non-hydrogen) atoms. The Morgan fingerprint density at radius 1 is 1.21 bits per heavy atom. The number of likely N-dealkylation sites (tertiary alicyclic amines) is 1. The van der Waals surface area contributed by atoms with Gasteiger partial charge in [-0.2, -0.15) is 0 Å². The van der Waals surface area contributed by atoms with Gasteiger partial charge in [0.25, 0.3) is 0 Å². The van der Waals surface area contributed by atoms with Crippen molar-refractivity contribution >= 4 is 15.9 Å². The largest absolute Gasteiger partial charge is 0.492 e. The summed E-state index contributed by atoms with van der Waals surface area (Å²) >= 11 is 3.43. The average Bonchev–Trinajstić information content (AvgIpc) is 2.43. The van der Waals surface area contributed by atoms with Crippen LogP contribution < -0.4 is 4.74 Å². The molecule has 1 aliphatic heterocycles. The van der Waals surface area contributed by atoms with Crippen LogP contribution >= 0.6 is 15.9 Å². The Labute approximate surface area is 125 Å². The second-order valence-corrected chi connectivity index (χ2v) is 6.29. The summed E-state index contributed by atoms with van der Waals surface area (Å²) in [4.78, 5) is 2.53. The zero-order chi connectivity index (χ0) is 13.5. The predicted octanol–water partition coefficient (Wildman–Crippen LogP) is 4.34. The normalized spacial score (nSPS) is 17.6. The van der Waals surface area contributed by atoms with E-state index in [0.29, 0.717) is 0 Å². The van der Waals surface area contributed by atoms with Gasteiger partial charge in [-0.05, 0) is 56.1 Å². The van der Waals surface area contributed by atoms with E-state index in [2.05, 4.69) is 27.8 Å². The standard InChI is InChI=1S/C16H24BrNO/c1-2-3-14-8-10-18(11-9-14)12-13-19-16-6-4-15(17)5-7-16/h4-7,14H,2-3,8-13H2,1H3. The van der Waals surface area contributed by atoms with Crippen LogP contribution in [0.25, 0.3) is 0 Å². The minimum absolute atomic E-state index is 0.792. The molecule has 0 saturated carbocycles. The van der Waals surface area contributed by atoms with Crippen molar-refractivity contribution < 1.29 is 4.74 Å². The van der Waals surface area contributed by atoms with Crippen molar-refractivity contribution in [1.29, 1.82) is 0 Å². The topological polar surface area (TPSA) is 12.5 Å². The molecule has 0 unspecified atom stereocenters. The Hall–Kier alpha value is -0.540. The molecule has 0 aliphatic carbocycles. The lowest BCUT2D eigenvalue weighted by molar-refractivity contribution is 0.151. The number of ether oxygens (including phenoxy) is 1. The van der Waals surface area contributed by atoms with Crippen LogP contribution in [0.15, 0.2) is 28.7 Å². The molecule has 1 aromatic carbocycles. The van der Waals surface area contributed by atoms with Crippen LogP contribution in [0.1, 0.15) is 32.6 Å². The molecule has 3 heteroatoms. The van der Waals surface area contributed by atoms with Gasteiger partial charge < -0.3 is 4.74 Å². The van der Waals surface area contributed by atoms with Crippen molar-refractivity contribution in [2.24, 2.45) is 5.92 Å². The molecule has 1 aliphatic rings. The van der Waals surface area contributed by atoms with Crippen LogP contribution in [0, 0.1) is 5.92 Å². The Kier molecular flexibility index (Phi) is 6.18. The van der Waals surface area contributed by atoms with Gasteiger partial charge in [0.15, 0.2) is 0 Å². The van der Waals surface area contributed by atoms with E-state index >= 15 is 0 Å². The number of nitrogens with zero attached hydrogens (tertiary/aromatic N) is 1. The molecular weight excluding hydrogens is 302 g/mol. The van der Waals surface area contributed by atoms with Gasteiger partial charge in [0.1, 0.15) is 12.4 Å². The molecule has 0 radical (unpaired) electrons. The van der Waals surface area contributed by atoms with Gasteiger partial charge in [-0.25, -0.2) is 0 Å². The summed E-state index contributed by atoms with van der Waals surface area (Å²) in [5.74, 6) is 1.93. The maximum Gasteiger partial charge on any atom is 0.119 e. The van der Waals surface area contributed by atoms with Gasteiger partial charge in [-0.15, -0.1) is 0 Å². The Balaban J connectivity index is 1.63. The molecule has 0 bridgehead atoms. The fourth-order valence-corrected chi connectivity index (χ4v) is 2.99. The second-order valence-electron chi connectivity index (χ2n) is 5.38. The molecule has 0 amide bonds. The van der Waals surface area contributed by atoms with Crippen molar-refractivity contribution in [3.8, 4) is 5.75 Å². The summed E-state index contributed by atoms with van der Waals surface area (Å²) in [6, 6.07) is 8.06. The molecule has 0 spiro atoms. The summed E-state index contributed by atoms with van der Waals surface area (Å²) < 4.78 is 6.87. The van der Waals surface area contributed by atoms with Gasteiger partial charge in [-0.3, -0.25) is 4.90 Å². The molecule has 106 valence electrons. The highest BCUT2D eigenvalue weighted by molar-refractivity contribution is 9.10. The first-order valence-corrected chi connectivity index (χ1v) is 8.18. The van der Waals surface area contributed by atoms with Crippen molar-refractivity contribution in [3.63, 3.8) is 0 Å². The Bertz CT molecular complexity index is 358. The summed E-state index contributed by atoms with van der Waals surface area (Å²) in [7, 11) is 0. The second kappa shape index (κ2) is 7.91. The molecule has 1 fully saturated rings. The van der Waals surface area contributed by atoms with E-state index in [1.54, 1.807) is 0 Å². The summed E-state index contributed by atoms with van der Waals surface area (Å²) in [6.07, 6.45) is 5.47. The molecule has 2 rings (SSSR count).